The monoisotopic (exact) mass is 332 g/mol. The molecular formula is C19H28N2O3. The van der Waals surface area contributed by atoms with Gasteiger partial charge in [-0.3, -0.25) is 9.69 Å². The molecule has 0 bridgehead atoms. The minimum absolute atomic E-state index is 0.101. The number of hydrogen-bond acceptors (Lipinski definition) is 4. The van der Waals surface area contributed by atoms with Crippen LogP contribution in [0.2, 0.25) is 0 Å². The van der Waals surface area contributed by atoms with Crippen LogP contribution in [0.1, 0.15) is 44.8 Å². The first kappa shape index (κ1) is 16.2. The van der Waals surface area contributed by atoms with Crippen molar-refractivity contribution in [3.05, 3.63) is 24.2 Å². The molecule has 1 saturated carbocycles. The van der Waals surface area contributed by atoms with Gasteiger partial charge in [-0.1, -0.05) is 6.92 Å². The Morgan fingerprint density at radius 1 is 1.38 bits per heavy atom. The standard InChI is InChI=1S/C19H28N2O3/c1-14-12-21(13-16-3-2-10-23-16)9-8-19(14)7-6-17(24-19)18(22)20-11-15-4-5-15/h2-3,10,14-15,17H,4-9,11-13H2,1H3,(H,20,22)/t14-,17?,19+/m0/s1. The maximum absolute atomic E-state index is 12.3. The molecule has 3 aliphatic rings. The maximum atomic E-state index is 12.3. The van der Waals surface area contributed by atoms with E-state index in [-0.39, 0.29) is 17.6 Å². The predicted molar refractivity (Wildman–Crippen MR) is 90.3 cm³/mol. The molecule has 5 heteroatoms. The molecule has 1 aromatic rings. The second-order valence-corrected chi connectivity index (χ2v) is 7.86. The summed E-state index contributed by atoms with van der Waals surface area (Å²) in [7, 11) is 0. The molecule has 2 aliphatic heterocycles. The number of nitrogens with zero attached hydrogens (tertiary/aromatic N) is 1. The van der Waals surface area contributed by atoms with Crippen LogP contribution in [-0.4, -0.2) is 42.1 Å². The molecule has 4 rings (SSSR count). The summed E-state index contributed by atoms with van der Waals surface area (Å²) in [5.74, 6) is 2.27. The number of piperidine rings is 1. The van der Waals surface area contributed by atoms with Gasteiger partial charge >= 0.3 is 0 Å². The van der Waals surface area contributed by atoms with E-state index in [9.17, 15) is 4.79 Å². The summed E-state index contributed by atoms with van der Waals surface area (Å²) < 4.78 is 11.8. The largest absolute Gasteiger partial charge is 0.468 e. The second kappa shape index (κ2) is 6.52. The van der Waals surface area contributed by atoms with E-state index in [0.717, 1.165) is 51.2 Å². The number of ether oxygens (including phenoxy) is 1. The molecule has 132 valence electrons. The number of hydrogen-bond donors (Lipinski definition) is 1. The number of amides is 1. The first-order chi connectivity index (χ1) is 11.6. The Labute approximate surface area is 143 Å². The summed E-state index contributed by atoms with van der Waals surface area (Å²) in [5.41, 5.74) is -0.110. The zero-order valence-corrected chi connectivity index (χ0v) is 14.5. The molecular weight excluding hydrogens is 304 g/mol. The molecule has 2 saturated heterocycles. The predicted octanol–water partition coefficient (Wildman–Crippen LogP) is 2.57. The summed E-state index contributed by atoms with van der Waals surface area (Å²) in [5, 5.41) is 3.08. The number of rotatable bonds is 5. The fourth-order valence-electron chi connectivity index (χ4n) is 4.19. The van der Waals surface area contributed by atoms with Gasteiger partial charge in [0, 0.05) is 19.6 Å². The van der Waals surface area contributed by atoms with Crippen molar-refractivity contribution in [3.8, 4) is 0 Å². The molecule has 0 radical (unpaired) electrons. The van der Waals surface area contributed by atoms with Crippen LogP contribution in [0.4, 0.5) is 0 Å². The van der Waals surface area contributed by atoms with Crippen molar-refractivity contribution in [3.63, 3.8) is 0 Å². The minimum Gasteiger partial charge on any atom is -0.468 e. The quantitative estimate of drug-likeness (QED) is 0.900. The van der Waals surface area contributed by atoms with E-state index in [1.807, 2.05) is 12.1 Å². The first-order valence-corrected chi connectivity index (χ1v) is 9.35. The van der Waals surface area contributed by atoms with Gasteiger partial charge in [0.1, 0.15) is 11.9 Å². The van der Waals surface area contributed by atoms with Crippen molar-refractivity contribution >= 4 is 5.91 Å². The summed E-state index contributed by atoms with van der Waals surface area (Å²) in [6.07, 6.45) is 6.87. The van der Waals surface area contributed by atoms with Crippen LogP contribution in [0.3, 0.4) is 0 Å². The fraction of sp³-hybridized carbons (Fsp3) is 0.737. The van der Waals surface area contributed by atoms with Crippen molar-refractivity contribution in [2.24, 2.45) is 11.8 Å². The van der Waals surface area contributed by atoms with E-state index >= 15 is 0 Å². The molecule has 5 nitrogen and oxygen atoms in total. The molecule has 1 aliphatic carbocycles. The Kier molecular flexibility index (Phi) is 4.39. The SMILES string of the molecule is C[C@H]1CN(Cc2ccco2)CC[C@]12CCC(C(=O)NCC1CC1)O2. The van der Waals surface area contributed by atoms with E-state index in [1.54, 1.807) is 6.26 Å². The van der Waals surface area contributed by atoms with Gasteiger partial charge in [0.15, 0.2) is 0 Å². The Morgan fingerprint density at radius 3 is 2.96 bits per heavy atom. The lowest BCUT2D eigenvalue weighted by Gasteiger charge is -2.44. The average Bonchev–Trinajstić information content (AvgIpc) is 3.07. The smallest absolute Gasteiger partial charge is 0.249 e. The molecule has 1 aromatic heterocycles. The van der Waals surface area contributed by atoms with Crippen LogP contribution in [0.25, 0.3) is 0 Å². The number of furan rings is 1. The van der Waals surface area contributed by atoms with Crippen LogP contribution in [0.5, 0.6) is 0 Å². The lowest BCUT2D eigenvalue weighted by Crippen LogP contribution is -2.51. The van der Waals surface area contributed by atoms with E-state index in [0.29, 0.717) is 11.8 Å². The normalized spacial score (nSPS) is 33.9. The van der Waals surface area contributed by atoms with E-state index in [1.165, 1.54) is 12.8 Å². The minimum atomic E-state index is -0.247. The third kappa shape index (κ3) is 3.38. The van der Waals surface area contributed by atoms with E-state index in [2.05, 4.69) is 17.1 Å². The Hall–Kier alpha value is -1.33. The van der Waals surface area contributed by atoms with E-state index in [4.69, 9.17) is 9.15 Å². The van der Waals surface area contributed by atoms with Crippen LogP contribution in [-0.2, 0) is 16.1 Å². The van der Waals surface area contributed by atoms with Gasteiger partial charge in [0.2, 0.25) is 5.91 Å². The molecule has 1 unspecified atom stereocenters. The topological polar surface area (TPSA) is 54.7 Å². The molecule has 1 spiro atoms. The van der Waals surface area contributed by atoms with E-state index < -0.39 is 0 Å². The number of carbonyl (C=O) groups excluding carboxylic acids is 1. The summed E-state index contributed by atoms with van der Waals surface area (Å²) in [4.78, 5) is 14.8. The number of carbonyl (C=O) groups is 1. The third-order valence-electron chi connectivity index (χ3n) is 6.00. The molecule has 3 fully saturated rings. The van der Waals surface area contributed by atoms with Gasteiger partial charge in [0.25, 0.3) is 0 Å². The summed E-state index contributed by atoms with van der Waals surface area (Å²) >= 11 is 0. The van der Waals surface area contributed by atoms with Gasteiger partial charge < -0.3 is 14.5 Å². The molecule has 0 aromatic carbocycles. The zero-order chi connectivity index (χ0) is 16.6. The van der Waals surface area contributed by atoms with Gasteiger partial charge in [0.05, 0.1) is 18.4 Å². The maximum Gasteiger partial charge on any atom is 0.249 e. The van der Waals surface area contributed by atoms with Crippen LogP contribution in [0, 0.1) is 11.8 Å². The van der Waals surface area contributed by atoms with Crippen molar-refractivity contribution < 1.29 is 13.9 Å². The lowest BCUT2D eigenvalue weighted by atomic mass is 9.80. The number of likely N-dealkylation sites (tertiary alicyclic amines) is 1. The Bertz CT molecular complexity index is 569. The summed E-state index contributed by atoms with van der Waals surface area (Å²) in [6, 6.07) is 3.97. The molecule has 3 atom stereocenters. The van der Waals surface area contributed by atoms with Gasteiger partial charge in [-0.15, -0.1) is 0 Å². The summed E-state index contributed by atoms with van der Waals surface area (Å²) in [6.45, 7) is 5.95. The number of nitrogens with one attached hydrogen (secondary N) is 1. The van der Waals surface area contributed by atoms with Crippen LogP contribution in [0.15, 0.2) is 22.8 Å². The highest BCUT2D eigenvalue weighted by molar-refractivity contribution is 5.81. The molecule has 1 amide bonds. The van der Waals surface area contributed by atoms with Crippen molar-refractivity contribution in [2.75, 3.05) is 19.6 Å². The molecule has 24 heavy (non-hydrogen) atoms. The van der Waals surface area contributed by atoms with Crippen LogP contribution < -0.4 is 5.32 Å². The molecule has 1 N–H and O–H groups in total. The highest BCUT2D eigenvalue weighted by Crippen LogP contribution is 2.42. The third-order valence-corrected chi connectivity index (χ3v) is 6.00. The van der Waals surface area contributed by atoms with Crippen molar-refractivity contribution in [1.82, 2.24) is 10.2 Å². The van der Waals surface area contributed by atoms with Gasteiger partial charge in [-0.2, -0.15) is 0 Å². The van der Waals surface area contributed by atoms with Gasteiger partial charge in [-0.25, -0.2) is 0 Å². The average molecular weight is 332 g/mol. The lowest BCUT2D eigenvalue weighted by molar-refractivity contribution is -0.147. The van der Waals surface area contributed by atoms with Gasteiger partial charge in [-0.05, 0) is 56.1 Å². The first-order valence-electron chi connectivity index (χ1n) is 9.35. The highest BCUT2D eigenvalue weighted by atomic mass is 16.5. The van der Waals surface area contributed by atoms with Crippen molar-refractivity contribution in [2.45, 2.75) is 57.3 Å². The second-order valence-electron chi connectivity index (χ2n) is 7.86. The Morgan fingerprint density at radius 2 is 2.25 bits per heavy atom. The highest BCUT2D eigenvalue weighted by Gasteiger charge is 2.48. The van der Waals surface area contributed by atoms with Crippen LogP contribution >= 0.6 is 0 Å². The Balaban J connectivity index is 1.30. The fourth-order valence-corrected chi connectivity index (χ4v) is 4.19. The van der Waals surface area contributed by atoms with Crippen molar-refractivity contribution in [1.29, 1.82) is 0 Å². The molecule has 3 heterocycles. The zero-order valence-electron chi connectivity index (χ0n) is 14.5.